The maximum atomic E-state index is 12.3. The minimum absolute atomic E-state index is 0. The molecule has 2 amide bonds. The molecule has 7 heteroatoms. The molecule has 0 spiro atoms. The molecule has 1 aromatic carbocycles. The molecule has 0 aromatic heterocycles. The lowest BCUT2D eigenvalue weighted by atomic mass is 10.1. The van der Waals surface area contributed by atoms with Crippen LogP contribution in [0, 0.1) is 5.92 Å². The predicted molar refractivity (Wildman–Crippen MR) is 94.6 cm³/mol. The van der Waals surface area contributed by atoms with Crippen molar-refractivity contribution in [2.24, 2.45) is 5.92 Å². The predicted octanol–water partition coefficient (Wildman–Crippen LogP) is 1.52. The quantitative estimate of drug-likeness (QED) is 0.813. The molecule has 1 aromatic rings. The van der Waals surface area contributed by atoms with E-state index >= 15 is 0 Å². The van der Waals surface area contributed by atoms with Gasteiger partial charge >= 0.3 is 0 Å². The second kappa shape index (κ2) is 9.01. The first kappa shape index (κ1) is 18.7. The highest BCUT2D eigenvalue weighted by Crippen LogP contribution is 2.27. The Labute approximate surface area is 148 Å². The highest BCUT2D eigenvalue weighted by Gasteiger charge is 2.21. The van der Waals surface area contributed by atoms with Crippen LogP contribution in [-0.4, -0.2) is 56.1 Å². The van der Waals surface area contributed by atoms with E-state index in [9.17, 15) is 9.59 Å². The molecule has 3 rings (SSSR count). The number of ether oxygens (including phenoxy) is 1. The van der Waals surface area contributed by atoms with Crippen molar-refractivity contribution in [2.75, 3.05) is 44.7 Å². The second-order valence-electron chi connectivity index (χ2n) is 6.10. The monoisotopic (exact) mass is 353 g/mol. The second-order valence-corrected chi connectivity index (χ2v) is 6.10. The van der Waals surface area contributed by atoms with Gasteiger partial charge in [-0.3, -0.25) is 9.59 Å². The van der Waals surface area contributed by atoms with Crippen LogP contribution < -0.4 is 10.6 Å². The summed E-state index contributed by atoms with van der Waals surface area (Å²) in [4.78, 5) is 25.9. The Bertz CT molecular complexity index is 555. The molecule has 0 atom stereocenters. The maximum absolute atomic E-state index is 12.3. The molecule has 1 heterocycles. The number of morpholine rings is 1. The van der Waals surface area contributed by atoms with Crippen molar-refractivity contribution in [1.29, 1.82) is 0 Å². The van der Waals surface area contributed by atoms with Gasteiger partial charge in [0.2, 0.25) is 5.91 Å². The van der Waals surface area contributed by atoms with Crippen molar-refractivity contribution < 1.29 is 14.3 Å². The minimum atomic E-state index is -0.0575. The van der Waals surface area contributed by atoms with Crippen LogP contribution in [-0.2, 0) is 9.53 Å². The molecular formula is C17H24ClN3O3. The Morgan fingerprint density at radius 3 is 2.42 bits per heavy atom. The minimum Gasteiger partial charge on any atom is -0.378 e. The van der Waals surface area contributed by atoms with Gasteiger partial charge in [-0.25, -0.2) is 0 Å². The van der Waals surface area contributed by atoms with Crippen LogP contribution in [0.15, 0.2) is 24.3 Å². The molecular weight excluding hydrogens is 330 g/mol. The molecule has 1 aliphatic carbocycles. The Morgan fingerprint density at radius 2 is 1.79 bits per heavy atom. The first-order valence-corrected chi connectivity index (χ1v) is 8.20. The van der Waals surface area contributed by atoms with Crippen molar-refractivity contribution in [1.82, 2.24) is 10.2 Å². The number of hydrogen-bond acceptors (Lipinski definition) is 4. The molecule has 132 valence electrons. The van der Waals surface area contributed by atoms with Gasteiger partial charge in [0.1, 0.15) is 0 Å². The van der Waals surface area contributed by atoms with E-state index in [0.717, 1.165) is 12.5 Å². The largest absolute Gasteiger partial charge is 0.378 e. The molecule has 1 saturated carbocycles. The lowest BCUT2D eigenvalue weighted by Gasteiger charge is -2.26. The lowest BCUT2D eigenvalue weighted by Crippen LogP contribution is -2.40. The summed E-state index contributed by atoms with van der Waals surface area (Å²) in [6.45, 7) is 3.68. The molecule has 2 aliphatic rings. The fourth-order valence-corrected chi connectivity index (χ4v) is 2.56. The fourth-order valence-electron chi connectivity index (χ4n) is 2.56. The third-order valence-electron chi connectivity index (χ3n) is 4.13. The van der Waals surface area contributed by atoms with Gasteiger partial charge in [-0.15, -0.1) is 12.4 Å². The van der Waals surface area contributed by atoms with E-state index in [1.807, 2.05) is 0 Å². The van der Waals surface area contributed by atoms with Crippen LogP contribution in [0.1, 0.15) is 23.2 Å². The average Bonchev–Trinajstić information content (AvgIpc) is 3.40. The molecule has 0 radical (unpaired) electrons. The number of amides is 2. The normalized spacial score (nSPS) is 17.1. The number of nitrogens with one attached hydrogen (secondary N) is 2. The Morgan fingerprint density at radius 1 is 1.12 bits per heavy atom. The van der Waals surface area contributed by atoms with Crippen LogP contribution in [0.5, 0.6) is 0 Å². The third-order valence-corrected chi connectivity index (χ3v) is 4.13. The summed E-state index contributed by atoms with van der Waals surface area (Å²) in [7, 11) is 0. The highest BCUT2D eigenvalue weighted by molar-refractivity contribution is 5.96. The fraction of sp³-hybridized carbons (Fsp3) is 0.529. The average molecular weight is 354 g/mol. The number of anilines is 1. The van der Waals surface area contributed by atoms with E-state index in [0.29, 0.717) is 44.1 Å². The van der Waals surface area contributed by atoms with Crippen LogP contribution in [0.4, 0.5) is 5.69 Å². The van der Waals surface area contributed by atoms with Gasteiger partial charge in [-0.05, 0) is 49.6 Å². The Kier molecular flexibility index (Phi) is 7.02. The molecule has 2 fully saturated rings. The molecule has 2 N–H and O–H groups in total. The van der Waals surface area contributed by atoms with Gasteiger partial charge < -0.3 is 20.3 Å². The molecule has 6 nitrogen and oxygen atoms in total. The number of nitrogens with zero attached hydrogens (tertiary/aromatic N) is 1. The van der Waals surface area contributed by atoms with Gasteiger partial charge in [0, 0.05) is 24.3 Å². The zero-order valence-corrected chi connectivity index (χ0v) is 14.4. The van der Waals surface area contributed by atoms with Crippen LogP contribution in [0.25, 0.3) is 0 Å². The topological polar surface area (TPSA) is 70.7 Å². The van der Waals surface area contributed by atoms with E-state index in [2.05, 4.69) is 10.6 Å². The first-order valence-electron chi connectivity index (χ1n) is 8.20. The van der Waals surface area contributed by atoms with Crippen LogP contribution in [0.2, 0.25) is 0 Å². The van der Waals surface area contributed by atoms with E-state index in [1.165, 1.54) is 12.8 Å². The number of halogens is 1. The SMILES string of the molecule is Cl.O=C(CNCC1CC1)Nc1ccc(C(=O)N2CCOCC2)cc1. The van der Waals surface area contributed by atoms with Crippen molar-refractivity contribution in [3.05, 3.63) is 29.8 Å². The summed E-state index contributed by atoms with van der Waals surface area (Å²) in [5.41, 5.74) is 1.35. The van der Waals surface area contributed by atoms with Crippen LogP contribution >= 0.6 is 12.4 Å². The molecule has 24 heavy (non-hydrogen) atoms. The van der Waals surface area contributed by atoms with Gasteiger partial charge in [-0.1, -0.05) is 0 Å². The van der Waals surface area contributed by atoms with Crippen molar-refractivity contribution in [3.63, 3.8) is 0 Å². The van der Waals surface area contributed by atoms with E-state index in [1.54, 1.807) is 29.2 Å². The van der Waals surface area contributed by atoms with Crippen LogP contribution in [0.3, 0.4) is 0 Å². The maximum Gasteiger partial charge on any atom is 0.254 e. The summed E-state index contributed by atoms with van der Waals surface area (Å²) in [5.74, 6) is 0.712. The van der Waals surface area contributed by atoms with E-state index in [4.69, 9.17) is 4.74 Å². The molecule has 0 unspecified atom stereocenters. The zero-order chi connectivity index (χ0) is 16.1. The summed E-state index contributed by atoms with van der Waals surface area (Å²) < 4.78 is 5.25. The number of rotatable bonds is 6. The zero-order valence-electron chi connectivity index (χ0n) is 13.6. The standard InChI is InChI=1S/C17H23N3O3.ClH/c21-16(12-18-11-13-1-2-13)19-15-5-3-14(4-6-15)17(22)20-7-9-23-10-8-20;/h3-6,13,18H,1-2,7-12H2,(H,19,21);1H. The van der Waals surface area contributed by atoms with Crippen molar-refractivity contribution in [3.8, 4) is 0 Å². The smallest absolute Gasteiger partial charge is 0.254 e. The lowest BCUT2D eigenvalue weighted by molar-refractivity contribution is -0.115. The van der Waals surface area contributed by atoms with E-state index in [-0.39, 0.29) is 24.2 Å². The van der Waals surface area contributed by atoms with Gasteiger partial charge in [-0.2, -0.15) is 0 Å². The molecule has 0 bridgehead atoms. The van der Waals surface area contributed by atoms with Crippen molar-refractivity contribution >= 4 is 29.9 Å². The summed E-state index contributed by atoms with van der Waals surface area (Å²) in [6, 6.07) is 7.05. The Balaban J connectivity index is 0.00000208. The number of carbonyl (C=O) groups excluding carboxylic acids is 2. The molecule has 1 aliphatic heterocycles. The summed E-state index contributed by atoms with van der Waals surface area (Å²) in [6.07, 6.45) is 2.54. The number of benzene rings is 1. The highest BCUT2D eigenvalue weighted by atomic mass is 35.5. The summed E-state index contributed by atoms with van der Waals surface area (Å²) >= 11 is 0. The third kappa shape index (κ3) is 5.47. The van der Waals surface area contributed by atoms with Crippen molar-refractivity contribution in [2.45, 2.75) is 12.8 Å². The van der Waals surface area contributed by atoms with Gasteiger partial charge in [0.15, 0.2) is 0 Å². The first-order chi connectivity index (χ1) is 11.2. The number of hydrogen-bond donors (Lipinski definition) is 2. The molecule has 1 saturated heterocycles. The van der Waals surface area contributed by atoms with Gasteiger partial charge in [0.05, 0.1) is 19.8 Å². The summed E-state index contributed by atoms with van der Waals surface area (Å²) in [5, 5.41) is 5.99. The Hall–Kier alpha value is -1.63. The van der Waals surface area contributed by atoms with E-state index < -0.39 is 0 Å². The number of carbonyl (C=O) groups is 2. The van der Waals surface area contributed by atoms with Gasteiger partial charge in [0.25, 0.3) is 5.91 Å².